The van der Waals surface area contributed by atoms with E-state index in [0.29, 0.717) is 13.2 Å². The van der Waals surface area contributed by atoms with E-state index < -0.39 is 0 Å². The van der Waals surface area contributed by atoms with Crippen LogP contribution in [0.3, 0.4) is 0 Å². The fourth-order valence-corrected chi connectivity index (χ4v) is 2.69. The third kappa shape index (κ3) is 3.19. The second-order valence-electron chi connectivity index (χ2n) is 5.26. The molecule has 2 rings (SSSR count). The molecule has 1 aromatic carbocycles. The highest BCUT2D eigenvalue weighted by molar-refractivity contribution is 5.94. The van der Waals surface area contributed by atoms with E-state index in [9.17, 15) is 4.79 Å². The highest BCUT2D eigenvalue weighted by Gasteiger charge is 2.33. The normalized spacial score (nSPS) is 21.9. The zero-order valence-corrected chi connectivity index (χ0v) is 12.5. The molecule has 0 saturated carbocycles. The number of carbonyl (C=O) groups is 1. The Hall–Kier alpha value is -1.39. The summed E-state index contributed by atoms with van der Waals surface area (Å²) in [6, 6.07) is 6.25. The Kier molecular flexibility index (Phi) is 5.15. The van der Waals surface area contributed by atoms with Crippen LogP contribution in [0, 0.1) is 12.8 Å². The lowest BCUT2D eigenvalue weighted by atomic mass is 10.0. The molecule has 2 N–H and O–H groups in total. The number of likely N-dealkylation sites (N-methyl/N-ethyl adjacent to an activating group) is 1. The number of para-hydroxylation sites is 1. The van der Waals surface area contributed by atoms with Crippen LogP contribution in [0.25, 0.3) is 0 Å². The minimum Gasteiger partial charge on any atom is -0.379 e. The zero-order valence-electron chi connectivity index (χ0n) is 12.5. The summed E-state index contributed by atoms with van der Waals surface area (Å²) < 4.78 is 5.44. The lowest BCUT2D eigenvalue weighted by molar-refractivity contribution is -0.120. The Morgan fingerprint density at radius 3 is 2.85 bits per heavy atom. The predicted molar refractivity (Wildman–Crippen MR) is 81.0 cm³/mol. The van der Waals surface area contributed by atoms with Crippen LogP contribution in [-0.2, 0) is 16.0 Å². The van der Waals surface area contributed by atoms with Gasteiger partial charge in [-0.05, 0) is 31.0 Å². The average molecular weight is 276 g/mol. The molecule has 1 heterocycles. The number of nitrogens with one attached hydrogen (secondary N) is 2. The Morgan fingerprint density at radius 2 is 2.15 bits per heavy atom. The lowest BCUT2D eigenvalue weighted by Gasteiger charge is -2.20. The maximum absolute atomic E-state index is 12.5. The summed E-state index contributed by atoms with van der Waals surface area (Å²) in [6.07, 6.45) is 0.912. The number of amides is 1. The topological polar surface area (TPSA) is 50.4 Å². The molecule has 0 spiro atoms. The molecule has 1 fully saturated rings. The van der Waals surface area contributed by atoms with Crippen LogP contribution in [0.4, 0.5) is 5.69 Å². The number of ether oxygens (including phenoxy) is 1. The SMILES string of the molecule is CCNC1COCC1C(=O)Nc1c(C)cccc1CC. The van der Waals surface area contributed by atoms with E-state index in [0.717, 1.165) is 24.2 Å². The standard InChI is InChI=1S/C16H24N2O2/c1-4-12-8-6-7-11(3)15(12)18-16(19)13-9-20-10-14(13)17-5-2/h6-8,13-14,17H,4-5,9-10H2,1-3H3,(H,18,19). The molecule has 0 aromatic heterocycles. The van der Waals surface area contributed by atoms with Crippen molar-refractivity contribution in [3.05, 3.63) is 29.3 Å². The first-order chi connectivity index (χ1) is 9.67. The first-order valence-corrected chi connectivity index (χ1v) is 7.37. The summed E-state index contributed by atoms with van der Waals surface area (Å²) in [5, 5.41) is 6.42. The molecule has 2 unspecified atom stereocenters. The Labute approximate surface area is 120 Å². The van der Waals surface area contributed by atoms with E-state index in [2.05, 4.69) is 23.6 Å². The minimum atomic E-state index is -0.112. The molecule has 2 atom stereocenters. The van der Waals surface area contributed by atoms with Crippen LogP contribution in [0.1, 0.15) is 25.0 Å². The molecule has 1 saturated heterocycles. The molecule has 1 aliphatic rings. The first-order valence-electron chi connectivity index (χ1n) is 7.37. The van der Waals surface area contributed by atoms with Gasteiger partial charge in [0.2, 0.25) is 5.91 Å². The van der Waals surface area contributed by atoms with Crippen LogP contribution in [0.5, 0.6) is 0 Å². The van der Waals surface area contributed by atoms with Crippen molar-refractivity contribution in [2.24, 2.45) is 5.92 Å². The lowest BCUT2D eigenvalue weighted by Crippen LogP contribution is -2.41. The first kappa shape index (κ1) is 15.0. The molecule has 0 bridgehead atoms. The van der Waals surface area contributed by atoms with E-state index in [4.69, 9.17) is 4.74 Å². The largest absolute Gasteiger partial charge is 0.379 e. The predicted octanol–water partition coefficient (Wildman–Crippen LogP) is 2.12. The van der Waals surface area contributed by atoms with Crippen molar-refractivity contribution >= 4 is 11.6 Å². The second kappa shape index (κ2) is 6.86. The van der Waals surface area contributed by atoms with E-state index in [1.165, 1.54) is 5.56 Å². The van der Waals surface area contributed by atoms with Gasteiger partial charge in [0.15, 0.2) is 0 Å². The summed E-state index contributed by atoms with van der Waals surface area (Å²) in [6.45, 7) is 8.13. The number of hydrogen-bond acceptors (Lipinski definition) is 3. The summed E-state index contributed by atoms with van der Waals surface area (Å²) in [4.78, 5) is 12.5. The summed E-state index contributed by atoms with van der Waals surface area (Å²) in [5.74, 6) is -0.0586. The van der Waals surface area contributed by atoms with Crippen molar-refractivity contribution < 1.29 is 9.53 Å². The Bertz CT molecular complexity index is 474. The summed E-state index contributed by atoms with van der Waals surface area (Å²) in [7, 11) is 0. The van der Waals surface area contributed by atoms with Crippen LogP contribution in [-0.4, -0.2) is 31.7 Å². The van der Waals surface area contributed by atoms with Crippen molar-refractivity contribution in [2.75, 3.05) is 25.1 Å². The third-order valence-electron chi connectivity index (χ3n) is 3.87. The van der Waals surface area contributed by atoms with Gasteiger partial charge < -0.3 is 15.4 Å². The molecule has 0 radical (unpaired) electrons. The Morgan fingerprint density at radius 1 is 1.35 bits per heavy atom. The van der Waals surface area contributed by atoms with Crippen LogP contribution < -0.4 is 10.6 Å². The molecule has 0 aliphatic carbocycles. The molecule has 1 aromatic rings. The number of anilines is 1. The maximum Gasteiger partial charge on any atom is 0.231 e. The van der Waals surface area contributed by atoms with E-state index in [1.54, 1.807) is 0 Å². The number of hydrogen-bond donors (Lipinski definition) is 2. The number of aryl methyl sites for hydroxylation is 2. The molecule has 4 heteroatoms. The van der Waals surface area contributed by atoms with Crippen molar-refractivity contribution in [2.45, 2.75) is 33.2 Å². The average Bonchev–Trinajstić information content (AvgIpc) is 2.89. The van der Waals surface area contributed by atoms with Gasteiger partial charge in [0, 0.05) is 11.7 Å². The fraction of sp³-hybridized carbons (Fsp3) is 0.562. The van der Waals surface area contributed by atoms with Crippen molar-refractivity contribution in [3.63, 3.8) is 0 Å². The quantitative estimate of drug-likeness (QED) is 0.866. The van der Waals surface area contributed by atoms with Gasteiger partial charge in [-0.25, -0.2) is 0 Å². The van der Waals surface area contributed by atoms with Gasteiger partial charge in [-0.2, -0.15) is 0 Å². The third-order valence-corrected chi connectivity index (χ3v) is 3.87. The van der Waals surface area contributed by atoms with Crippen LogP contribution in [0.15, 0.2) is 18.2 Å². The van der Waals surface area contributed by atoms with Crippen molar-refractivity contribution in [3.8, 4) is 0 Å². The van der Waals surface area contributed by atoms with E-state index >= 15 is 0 Å². The maximum atomic E-state index is 12.5. The van der Waals surface area contributed by atoms with Crippen LogP contribution in [0.2, 0.25) is 0 Å². The molecule has 1 amide bonds. The summed E-state index contributed by atoms with van der Waals surface area (Å²) in [5.41, 5.74) is 3.25. The highest BCUT2D eigenvalue weighted by Crippen LogP contribution is 2.23. The number of benzene rings is 1. The van der Waals surface area contributed by atoms with Gasteiger partial charge in [-0.1, -0.05) is 32.0 Å². The molecule has 4 nitrogen and oxygen atoms in total. The van der Waals surface area contributed by atoms with Gasteiger partial charge in [0.05, 0.1) is 19.1 Å². The summed E-state index contributed by atoms with van der Waals surface area (Å²) >= 11 is 0. The highest BCUT2D eigenvalue weighted by atomic mass is 16.5. The van der Waals surface area contributed by atoms with Gasteiger partial charge in [-0.3, -0.25) is 4.79 Å². The van der Waals surface area contributed by atoms with Gasteiger partial charge in [-0.15, -0.1) is 0 Å². The van der Waals surface area contributed by atoms with E-state index in [1.807, 2.05) is 26.0 Å². The van der Waals surface area contributed by atoms with E-state index in [-0.39, 0.29) is 17.9 Å². The molecular weight excluding hydrogens is 252 g/mol. The molecule has 20 heavy (non-hydrogen) atoms. The fourth-order valence-electron chi connectivity index (χ4n) is 2.69. The monoisotopic (exact) mass is 276 g/mol. The molecular formula is C16H24N2O2. The number of carbonyl (C=O) groups excluding carboxylic acids is 1. The second-order valence-corrected chi connectivity index (χ2v) is 5.26. The van der Waals surface area contributed by atoms with Crippen molar-refractivity contribution in [1.82, 2.24) is 5.32 Å². The van der Waals surface area contributed by atoms with Crippen molar-refractivity contribution in [1.29, 1.82) is 0 Å². The van der Waals surface area contributed by atoms with Crippen LogP contribution >= 0.6 is 0 Å². The molecule has 110 valence electrons. The zero-order chi connectivity index (χ0) is 14.5. The number of rotatable bonds is 5. The minimum absolute atomic E-state index is 0.0532. The Balaban J connectivity index is 2.12. The smallest absolute Gasteiger partial charge is 0.231 e. The van der Waals surface area contributed by atoms with Gasteiger partial charge in [0.25, 0.3) is 0 Å². The van der Waals surface area contributed by atoms with Gasteiger partial charge >= 0.3 is 0 Å². The van der Waals surface area contributed by atoms with Gasteiger partial charge in [0.1, 0.15) is 0 Å². The molecule has 1 aliphatic heterocycles.